The van der Waals surface area contributed by atoms with Crippen LogP contribution in [0.1, 0.15) is 32.1 Å². The molecule has 0 aromatic heterocycles. The van der Waals surface area contributed by atoms with Crippen molar-refractivity contribution in [2.75, 3.05) is 13.2 Å². The summed E-state index contributed by atoms with van der Waals surface area (Å²) in [5.74, 6) is -0.392. The lowest BCUT2D eigenvalue weighted by Gasteiger charge is -2.21. The summed E-state index contributed by atoms with van der Waals surface area (Å²) in [4.78, 5) is 10.4. The summed E-state index contributed by atoms with van der Waals surface area (Å²) in [5.41, 5.74) is 0. The number of carboxylic acids is 1. The zero-order chi connectivity index (χ0) is 10.4. The highest BCUT2D eigenvalue weighted by Gasteiger charge is 2.16. The van der Waals surface area contributed by atoms with Crippen molar-refractivity contribution >= 4 is 17.6 Å². The zero-order valence-electron chi connectivity index (χ0n) is 8.25. The first-order valence-electron chi connectivity index (χ1n) is 5.14. The molecule has 1 atom stereocenters. The molecule has 1 aliphatic rings. The van der Waals surface area contributed by atoms with Gasteiger partial charge >= 0.3 is 5.97 Å². The Hall–Kier alpha value is -0.280. The van der Waals surface area contributed by atoms with Crippen molar-refractivity contribution in [2.24, 2.45) is 5.92 Å². The molecule has 1 rings (SSSR count). The van der Waals surface area contributed by atoms with Gasteiger partial charge in [-0.1, -0.05) is 19.3 Å². The van der Waals surface area contributed by atoms with Gasteiger partial charge in [0.25, 0.3) is 0 Å². The highest BCUT2D eigenvalue weighted by Crippen LogP contribution is 2.23. The molecule has 1 unspecified atom stereocenters. The summed E-state index contributed by atoms with van der Waals surface area (Å²) >= 11 is 5.51. The summed E-state index contributed by atoms with van der Waals surface area (Å²) in [6, 6.07) is 0. The third-order valence-electron chi connectivity index (χ3n) is 2.61. The number of hydrogen-bond acceptors (Lipinski definition) is 2. The standard InChI is InChI=1S/C10H17ClO3/c11-9(10(12)13)7-14-6-8-4-2-1-3-5-8/h8-9H,1-7H2,(H,12,13). The number of rotatable bonds is 5. The predicted octanol–water partition coefficient (Wildman–Crippen LogP) is 2.28. The Bertz CT molecular complexity index is 178. The van der Waals surface area contributed by atoms with E-state index < -0.39 is 11.3 Å². The molecule has 0 heterocycles. The number of hydrogen-bond donors (Lipinski definition) is 1. The minimum Gasteiger partial charge on any atom is -0.480 e. The molecule has 3 nitrogen and oxygen atoms in total. The van der Waals surface area contributed by atoms with Crippen LogP contribution >= 0.6 is 11.6 Å². The minimum atomic E-state index is -1.00. The summed E-state index contributed by atoms with van der Waals surface area (Å²) < 4.78 is 5.28. The van der Waals surface area contributed by atoms with E-state index in [-0.39, 0.29) is 6.61 Å². The fourth-order valence-electron chi connectivity index (χ4n) is 1.76. The van der Waals surface area contributed by atoms with Gasteiger partial charge in [0.2, 0.25) is 0 Å². The molecule has 0 saturated heterocycles. The van der Waals surface area contributed by atoms with Gasteiger partial charge in [-0.15, -0.1) is 11.6 Å². The van der Waals surface area contributed by atoms with E-state index in [9.17, 15) is 4.79 Å². The smallest absolute Gasteiger partial charge is 0.324 e. The van der Waals surface area contributed by atoms with E-state index in [2.05, 4.69) is 0 Å². The SMILES string of the molecule is O=C(O)C(Cl)COCC1CCCCC1. The van der Waals surface area contributed by atoms with Crippen LogP contribution in [0, 0.1) is 5.92 Å². The molecule has 0 aromatic carbocycles. The predicted molar refractivity (Wildman–Crippen MR) is 54.7 cm³/mol. The third kappa shape index (κ3) is 4.29. The topological polar surface area (TPSA) is 46.5 Å². The van der Waals surface area contributed by atoms with Gasteiger partial charge in [-0.25, -0.2) is 0 Å². The van der Waals surface area contributed by atoms with Gasteiger partial charge in [-0.05, 0) is 18.8 Å². The third-order valence-corrected chi connectivity index (χ3v) is 2.92. The van der Waals surface area contributed by atoms with Gasteiger partial charge < -0.3 is 9.84 Å². The second-order valence-corrected chi connectivity index (χ2v) is 4.37. The molecule has 1 aliphatic carbocycles. The van der Waals surface area contributed by atoms with Gasteiger partial charge in [0.1, 0.15) is 0 Å². The molecule has 14 heavy (non-hydrogen) atoms. The average molecular weight is 221 g/mol. The molecular weight excluding hydrogens is 204 g/mol. The van der Waals surface area contributed by atoms with E-state index >= 15 is 0 Å². The van der Waals surface area contributed by atoms with Crippen LogP contribution in [0.4, 0.5) is 0 Å². The maximum absolute atomic E-state index is 10.4. The van der Waals surface area contributed by atoms with Crippen LogP contribution in [0.5, 0.6) is 0 Å². The summed E-state index contributed by atoms with van der Waals surface area (Å²) in [7, 11) is 0. The monoisotopic (exact) mass is 220 g/mol. The number of aliphatic carboxylic acids is 1. The first kappa shape index (κ1) is 11.8. The van der Waals surface area contributed by atoms with Gasteiger partial charge in [-0.3, -0.25) is 4.79 Å². The van der Waals surface area contributed by atoms with Crippen molar-refractivity contribution in [3.8, 4) is 0 Å². The average Bonchev–Trinajstić information content (AvgIpc) is 2.19. The number of halogens is 1. The second-order valence-electron chi connectivity index (χ2n) is 3.85. The molecule has 0 spiro atoms. The zero-order valence-corrected chi connectivity index (χ0v) is 9.00. The first-order valence-corrected chi connectivity index (χ1v) is 5.58. The van der Waals surface area contributed by atoms with E-state index in [1.54, 1.807) is 0 Å². The molecule has 4 heteroatoms. The van der Waals surface area contributed by atoms with Crippen LogP contribution < -0.4 is 0 Å². The number of ether oxygens (including phenoxy) is 1. The lowest BCUT2D eigenvalue weighted by Crippen LogP contribution is -2.22. The fraction of sp³-hybridized carbons (Fsp3) is 0.900. The Labute approximate surface area is 89.4 Å². The van der Waals surface area contributed by atoms with Crippen LogP contribution in [0.3, 0.4) is 0 Å². The molecule has 0 aromatic rings. The van der Waals surface area contributed by atoms with Crippen molar-refractivity contribution in [3.05, 3.63) is 0 Å². The molecule has 1 fully saturated rings. The van der Waals surface area contributed by atoms with E-state index in [0.717, 1.165) is 0 Å². The lowest BCUT2D eigenvalue weighted by molar-refractivity contribution is -0.137. The highest BCUT2D eigenvalue weighted by atomic mass is 35.5. The van der Waals surface area contributed by atoms with Crippen LogP contribution in [-0.2, 0) is 9.53 Å². The Morgan fingerprint density at radius 3 is 2.64 bits per heavy atom. The quantitative estimate of drug-likeness (QED) is 0.723. The molecule has 1 N–H and O–H groups in total. The maximum atomic E-state index is 10.4. The van der Waals surface area contributed by atoms with E-state index in [1.165, 1.54) is 32.1 Å². The van der Waals surface area contributed by atoms with E-state index in [1.807, 2.05) is 0 Å². The Morgan fingerprint density at radius 2 is 2.07 bits per heavy atom. The van der Waals surface area contributed by atoms with Crippen molar-refractivity contribution in [2.45, 2.75) is 37.5 Å². The highest BCUT2D eigenvalue weighted by molar-refractivity contribution is 6.29. The van der Waals surface area contributed by atoms with E-state index in [0.29, 0.717) is 12.5 Å². The number of alkyl halides is 1. The largest absolute Gasteiger partial charge is 0.480 e. The summed E-state index contributed by atoms with van der Waals surface area (Å²) in [6.07, 6.45) is 6.29. The maximum Gasteiger partial charge on any atom is 0.324 e. The fourth-order valence-corrected chi connectivity index (χ4v) is 1.85. The van der Waals surface area contributed by atoms with Gasteiger partial charge in [0.05, 0.1) is 6.61 Å². The van der Waals surface area contributed by atoms with Crippen molar-refractivity contribution < 1.29 is 14.6 Å². The summed E-state index contributed by atoms with van der Waals surface area (Å²) in [6.45, 7) is 0.782. The Balaban J connectivity index is 2.05. The lowest BCUT2D eigenvalue weighted by atomic mass is 9.90. The second kappa shape index (κ2) is 6.25. The Morgan fingerprint density at radius 1 is 1.43 bits per heavy atom. The molecule has 0 bridgehead atoms. The molecule has 1 saturated carbocycles. The molecule has 82 valence electrons. The first-order chi connectivity index (χ1) is 6.70. The molecular formula is C10H17ClO3. The van der Waals surface area contributed by atoms with Crippen LogP contribution in [-0.4, -0.2) is 29.7 Å². The van der Waals surface area contributed by atoms with Gasteiger partial charge in [-0.2, -0.15) is 0 Å². The molecule has 0 radical (unpaired) electrons. The number of carbonyl (C=O) groups is 1. The van der Waals surface area contributed by atoms with Crippen LogP contribution in [0.15, 0.2) is 0 Å². The molecule has 0 aliphatic heterocycles. The van der Waals surface area contributed by atoms with Gasteiger partial charge in [0, 0.05) is 6.61 Å². The van der Waals surface area contributed by atoms with Crippen molar-refractivity contribution in [3.63, 3.8) is 0 Å². The van der Waals surface area contributed by atoms with Crippen LogP contribution in [0.25, 0.3) is 0 Å². The summed E-state index contributed by atoms with van der Waals surface area (Å²) in [5, 5.41) is 7.60. The van der Waals surface area contributed by atoms with Crippen LogP contribution in [0.2, 0.25) is 0 Å². The van der Waals surface area contributed by atoms with Crippen molar-refractivity contribution in [1.29, 1.82) is 0 Å². The normalized spacial score (nSPS) is 20.6. The number of carboxylic acid groups (broad SMARTS) is 1. The van der Waals surface area contributed by atoms with Crippen molar-refractivity contribution in [1.82, 2.24) is 0 Å². The Kier molecular flexibility index (Phi) is 5.26. The minimum absolute atomic E-state index is 0.118. The van der Waals surface area contributed by atoms with Gasteiger partial charge in [0.15, 0.2) is 5.38 Å². The molecule has 0 amide bonds. The van der Waals surface area contributed by atoms with E-state index in [4.69, 9.17) is 21.4 Å².